The van der Waals surface area contributed by atoms with Crippen molar-refractivity contribution in [2.24, 2.45) is 5.92 Å². The van der Waals surface area contributed by atoms with Gasteiger partial charge in [-0.05, 0) is 80.2 Å². The van der Waals surface area contributed by atoms with Crippen LogP contribution < -0.4 is 19.8 Å². The summed E-state index contributed by atoms with van der Waals surface area (Å²) in [6, 6.07) is 12.3. The maximum Gasteiger partial charge on any atom is 0.348 e. The van der Waals surface area contributed by atoms with Gasteiger partial charge in [0.2, 0.25) is 5.60 Å². The molecule has 4 heterocycles. The predicted molar refractivity (Wildman–Crippen MR) is 190 cm³/mol. The molecular weight excluding hydrogens is 709 g/mol. The number of benzene rings is 1. The number of hydrogen-bond acceptors (Lipinski definition) is 11. The Morgan fingerprint density at radius 2 is 1.82 bits per heavy atom. The van der Waals surface area contributed by atoms with Crippen LogP contribution >= 0.6 is 45.9 Å². The van der Waals surface area contributed by atoms with Crippen LogP contribution in [-0.2, 0) is 32.8 Å². The number of aromatic amines is 1. The standard InChI is InChI=1S/C35H39Cl2N3O7S2/c1-40-12-10-22(11-13-40)20-46-34(42)35(43,32-5-4-14-48-32)21-39-17-24-7-9-31(49-24)33(41)47-29(16-25-26(36)18-38-19-27(25)37)23-6-8-28(44-2)30(15-23)45-3/h4-9,14-15,18-19,22,29,39,43H,10-13,16-17,20-21H2,1-3H3/p+1/t29-,35?/m0/s1. The summed E-state index contributed by atoms with van der Waals surface area (Å²) < 4.78 is 22.6. The van der Waals surface area contributed by atoms with Crippen molar-refractivity contribution in [2.45, 2.75) is 37.5 Å². The zero-order chi connectivity index (χ0) is 35.0. The largest absolute Gasteiger partial charge is 0.493 e. The summed E-state index contributed by atoms with van der Waals surface area (Å²) in [7, 11) is 5.16. The van der Waals surface area contributed by atoms with Gasteiger partial charge in [0.1, 0.15) is 21.0 Å². The highest BCUT2D eigenvalue weighted by Crippen LogP contribution is 2.36. The number of carbonyl (C=O) groups is 2. The fourth-order valence-electron chi connectivity index (χ4n) is 5.59. The van der Waals surface area contributed by atoms with E-state index in [1.165, 1.54) is 29.8 Å². The lowest BCUT2D eigenvalue weighted by molar-refractivity contribution is -0.377. The number of rotatable bonds is 15. The lowest BCUT2D eigenvalue weighted by Gasteiger charge is -2.30. The first-order valence-corrected chi connectivity index (χ1v) is 18.2. The number of H-pyrrole nitrogens is 1. The van der Waals surface area contributed by atoms with Crippen molar-refractivity contribution in [3.8, 4) is 11.5 Å². The number of methoxy groups -OCH3 is 2. The molecule has 3 N–H and O–H groups in total. The van der Waals surface area contributed by atoms with Gasteiger partial charge in [-0.1, -0.05) is 35.3 Å². The number of pyridine rings is 1. The number of thiophene rings is 2. The number of nitrogens with one attached hydrogen (secondary N) is 2. The Kier molecular flexibility index (Phi) is 12.9. The minimum absolute atomic E-state index is 0.0607. The van der Waals surface area contributed by atoms with Crippen LogP contribution in [0.1, 0.15) is 49.5 Å². The summed E-state index contributed by atoms with van der Waals surface area (Å²) in [6.07, 6.45) is 4.58. The molecule has 14 heteroatoms. The topological polar surface area (TPSA) is 121 Å². The zero-order valence-corrected chi connectivity index (χ0v) is 30.6. The molecule has 1 fully saturated rings. The summed E-state index contributed by atoms with van der Waals surface area (Å²) in [4.78, 5) is 33.6. The molecule has 262 valence electrons. The lowest BCUT2D eigenvalue weighted by Crippen LogP contribution is -2.46. The molecule has 5 rings (SSSR count). The summed E-state index contributed by atoms with van der Waals surface area (Å²) in [5.41, 5.74) is -0.558. The number of esters is 2. The van der Waals surface area contributed by atoms with Crippen molar-refractivity contribution in [3.63, 3.8) is 0 Å². The first-order valence-electron chi connectivity index (χ1n) is 15.8. The van der Waals surface area contributed by atoms with E-state index in [1.54, 1.807) is 55.9 Å². The van der Waals surface area contributed by atoms with Crippen LogP contribution in [0.15, 0.2) is 60.2 Å². The minimum Gasteiger partial charge on any atom is -0.493 e. The number of nitrogens with zero attached hydrogens (tertiary/aromatic N) is 1. The van der Waals surface area contributed by atoms with Crippen LogP contribution in [-0.4, -0.2) is 69.5 Å². The Morgan fingerprint density at radius 3 is 2.49 bits per heavy atom. The van der Waals surface area contributed by atoms with Crippen LogP contribution in [0.2, 0.25) is 10.0 Å². The van der Waals surface area contributed by atoms with Gasteiger partial charge in [0.15, 0.2) is 23.9 Å². The molecule has 4 aromatic rings. The molecule has 1 aromatic carbocycles. The zero-order valence-electron chi connectivity index (χ0n) is 27.5. The van der Waals surface area contributed by atoms with Gasteiger partial charge in [-0.3, -0.25) is 0 Å². The van der Waals surface area contributed by atoms with Crippen molar-refractivity contribution in [3.05, 3.63) is 96.0 Å². The molecule has 1 aliphatic heterocycles. The van der Waals surface area contributed by atoms with Gasteiger partial charge in [-0.25, -0.2) is 14.6 Å². The van der Waals surface area contributed by atoms with E-state index in [1.807, 2.05) is 11.4 Å². The Balaban J connectivity index is 1.25. The molecule has 1 saturated heterocycles. The molecule has 0 aliphatic carbocycles. The Bertz CT molecular complexity index is 1690. The average Bonchev–Trinajstić information content (AvgIpc) is 3.82. The van der Waals surface area contributed by atoms with E-state index in [2.05, 4.69) is 22.2 Å². The Morgan fingerprint density at radius 1 is 1.08 bits per heavy atom. The van der Waals surface area contributed by atoms with Crippen LogP contribution in [0.3, 0.4) is 0 Å². The van der Waals surface area contributed by atoms with E-state index in [0.29, 0.717) is 49.0 Å². The monoisotopic (exact) mass is 748 g/mol. The van der Waals surface area contributed by atoms with Crippen molar-refractivity contribution >= 4 is 57.8 Å². The second-order valence-corrected chi connectivity index (χ2v) is 14.8. The number of halogens is 2. The highest BCUT2D eigenvalue weighted by Gasteiger charge is 2.41. The normalized spacial score (nSPS) is 15.7. The summed E-state index contributed by atoms with van der Waals surface area (Å²) in [6.45, 7) is 2.44. The van der Waals surface area contributed by atoms with E-state index in [-0.39, 0.29) is 25.5 Å². The molecule has 1 unspecified atom stereocenters. The molecule has 49 heavy (non-hydrogen) atoms. The molecule has 0 bridgehead atoms. The smallest absolute Gasteiger partial charge is 0.348 e. The summed E-state index contributed by atoms with van der Waals surface area (Å²) in [5.74, 6) is 0.0929. The van der Waals surface area contributed by atoms with Gasteiger partial charge in [-0.2, -0.15) is 0 Å². The quantitative estimate of drug-likeness (QED) is 0.142. The number of ether oxygens (including phenoxy) is 4. The number of aliphatic hydroxyl groups is 1. The Hall–Kier alpha value is -3.23. The number of piperidine rings is 1. The van der Waals surface area contributed by atoms with E-state index in [4.69, 9.17) is 42.1 Å². The van der Waals surface area contributed by atoms with Crippen molar-refractivity contribution < 1.29 is 38.6 Å². The second kappa shape index (κ2) is 17.1. The van der Waals surface area contributed by atoms with Gasteiger partial charge in [-0.15, -0.1) is 22.7 Å². The van der Waals surface area contributed by atoms with Gasteiger partial charge in [0.25, 0.3) is 0 Å². The second-order valence-electron chi connectivity index (χ2n) is 11.9. The average molecular weight is 750 g/mol. The van der Waals surface area contributed by atoms with Gasteiger partial charge < -0.3 is 34.3 Å². The molecule has 1 aliphatic rings. The van der Waals surface area contributed by atoms with Crippen LogP contribution in [0, 0.1) is 5.92 Å². The molecule has 2 atom stereocenters. The molecule has 0 amide bonds. The van der Waals surface area contributed by atoms with Crippen LogP contribution in [0.5, 0.6) is 11.5 Å². The number of aromatic nitrogens is 1. The molecular formula is C35H40Cl2N3O7S2+. The highest BCUT2D eigenvalue weighted by atomic mass is 35.5. The third kappa shape index (κ3) is 9.31. The van der Waals surface area contributed by atoms with E-state index in [9.17, 15) is 14.7 Å². The fourth-order valence-corrected chi connectivity index (χ4v) is 7.79. The molecule has 0 spiro atoms. The predicted octanol–water partition coefficient (Wildman–Crippen LogP) is 5.95. The lowest BCUT2D eigenvalue weighted by atomic mass is 9.98. The third-order valence-electron chi connectivity index (χ3n) is 8.51. The molecule has 3 aromatic heterocycles. The summed E-state index contributed by atoms with van der Waals surface area (Å²) in [5, 5.41) is 17.4. The van der Waals surface area contributed by atoms with Crippen molar-refractivity contribution in [1.82, 2.24) is 10.2 Å². The van der Waals surface area contributed by atoms with Crippen molar-refractivity contribution in [2.75, 3.05) is 47.5 Å². The van der Waals surface area contributed by atoms with Crippen molar-refractivity contribution in [1.29, 1.82) is 0 Å². The minimum atomic E-state index is -1.84. The van der Waals surface area contributed by atoms with Gasteiger partial charge >= 0.3 is 11.9 Å². The number of carbonyl (C=O) groups excluding carboxylic acids is 2. The fraction of sp³-hybridized carbons (Fsp3) is 0.400. The molecule has 0 radical (unpaired) electrons. The van der Waals surface area contributed by atoms with Crippen LogP contribution in [0.25, 0.3) is 0 Å². The third-order valence-corrected chi connectivity index (χ3v) is 11.3. The maximum atomic E-state index is 13.5. The first-order chi connectivity index (χ1) is 23.6. The van der Waals surface area contributed by atoms with E-state index in [0.717, 1.165) is 30.8 Å². The molecule has 0 saturated carbocycles. The van der Waals surface area contributed by atoms with Gasteiger partial charge in [0, 0.05) is 34.8 Å². The number of likely N-dealkylation sites (tertiary alicyclic amines) is 1. The molecule has 10 nitrogen and oxygen atoms in total. The van der Waals surface area contributed by atoms with Gasteiger partial charge in [0.05, 0.1) is 20.8 Å². The Labute approximate surface area is 303 Å². The summed E-state index contributed by atoms with van der Waals surface area (Å²) >= 11 is 15.5. The number of hydrogen-bond donors (Lipinski definition) is 2. The van der Waals surface area contributed by atoms with E-state index < -0.39 is 23.6 Å². The SMILES string of the molecule is COc1ccc([C@H](Cc2c(Cl)c[nH+]cc2Cl)OC(=O)c2ccc(CNCC(O)(C(=O)OCC3CCN(C)CC3)c3cccs3)s2)cc1OC. The van der Waals surface area contributed by atoms with Crippen LogP contribution in [0.4, 0.5) is 0 Å². The maximum absolute atomic E-state index is 13.5. The highest BCUT2D eigenvalue weighted by molar-refractivity contribution is 7.13. The van der Waals surface area contributed by atoms with E-state index >= 15 is 0 Å². The first kappa shape index (κ1) is 37.0.